The molecular formula is C22H19Cl3N2O5S. The predicted octanol–water partition coefficient (Wildman–Crippen LogP) is 5.86. The van der Waals surface area contributed by atoms with Gasteiger partial charge in [-0.3, -0.25) is 9.52 Å². The Kier molecular flexibility index (Phi) is 8.31. The van der Waals surface area contributed by atoms with Crippen LogP contribution < -0.4 is 19.5 Å². The monoisotopic (exact) mass is 528 g/mol. The molecule has 0 heterocycles. The first-order chi connectivity index (χ1) is 15.7. The van der Waals surface area contributed by atoms with Crippen molar-refractivity contribution in [1.82, 2.24) is 0 Å². The lowest BCUT2D eigenvalue weighted by molar-refractivity contribution is -0.118. The summed E-state index contributed by atoms with van der Waals surface area (Å²) in [5.41, 5.74) is 0.779. The summed E-state index contributed by atoms with van der Waals surface area (Å²) < 4.78 is 38.6. The number of hydrogen-bond acceptors (Lipinski definition) is 5. The number of sulfonamides is 1. The van der Waals surface area contributed by atoms with Crippen molar-refractivity contribution in [3.8, 4) is 11.5 Å². The van der Waals surface area contributed by atoms with Crippen LogP contribution in [0, 0.1) is 0 Å². The van der Waals surface area contributed by atoms with Gasteiger partial charge in [-0.1, -0.05) is 34.8 Å². The van der Waals surface area contributed by atoms with Gasteiger partial charge in [0.15, 0.2) is 6.61 Å². The molecule has 0 aromatic heterocycles. The highest BCUT2D eigenvalue weighted by Crippen LogP contribution is 2.29. The van der Waals surface area contributed by atoms with Crippen LogP contribution in [-0.2, 0) is 14.8 Å². The van der Waals surface area contributed by atoms with Crippen molar-refractivity contribution in [2.75, 3.05) is 23.3 Å². The molecule has 0 saturated carbocycles. The van der Waals surface area contributed by atoms with Gasteiger partial charge in [-0.25, -0.2) is 8.42 Å². The molecule has 0 fully saturated rings. The third-order valence-corrected chi connectivity index (χ3v) is 6.25. The molecule has 0 aliphatic carbocycles. The van der Waals surface area contributed by atoms with Gasteiger partial charge < -0.3 is 14.8 Å². The van der Waals surface area contributed by atoms with E-state index in [2.05, 4.69) is 10.0 Å². The zero-order valence-corrected chi connectivity index (χ0v) is 20.4. The van der Waals surface area contributed by atoms with E-state index >= 15 is 0 Å². The minimum atomic E-state index is -3.89. The van der Waals surface area contributed by atoms with Crippen LogP contribution in [0.2, 0.25) is 15.1 Å². The Balaban J connectivity index is 1.63. The lowest BCUT2D eigenvalue weighted by Gasteiger charge is -2.12. The fraction of sp³-hybridized carbons (Fsp3) is 0.136. The minimum Gasteiger partial charge on any atom is -0.494 e. The molecule has 0 radical (unpaired) electrons. The van der Waals surface area contributed by atoms with Crippen molar-refractivity contribution < 1.29 is 22.7 Å². The van der Waals surface area contributed by atoms with Crippen LogP contribution in [0.4, 0.5) is 11.4 Å². The SMILES string of the molecule is CCOc1ccc(NS(=O)(=O)c2ccc(OCC(=O)Nc3cc(Cl)cc(Cl)c3)c(Cl)c2)cc1. The lowest BCUT2D eigenvalue weighted by Crippen LogP contribution is -2.20. The normalized spacial score (nSPS) is 11.0. The second kappa shape index (κ2) is 11.0. The summed E-state index contributed by atoms with van der Waals surface area (Å²) in [5.74, 6) is 0.307. The van der Waals surface area contributed by atoms with Gasteiger partial charge in [0.1, 0.15) is 11.5 Å². The van der Waals surface area contributed by atoms with Crippen LogP contribution in [0.3, 0.4) is 0 Å². The Hall–Kier alpha value is -2.65. The fourth-order valence-electron chi connectivity index (χ4n) is 2.73. The Morgan fingerprint density at radius 2 is 1.55 bits per heavy atom. The van der Waals surface area contributed by atoms with Gasteiger partial charge in [0.2, 0.25) is 0 Å². The molecule has 3 rings (SSSR count). The summed E-state index contributed by atoms with van der Waals surface area (Å²) in [6.45, 7) is 2.00. The molecule has 0 unspecified atom stereocenters. The highest BCUT2D eigenvalue weighted by atomic mass is 35.5. The van der Waals surface area contributed by atoms with E-state index in [-0.39, 0.29) is 22.3 Å². The first-order valence-electron chi connectivity index (χ1n) is 9.60. The topological polar surface area (TPSA) is 93.7 Å². The van der Waals surface area contributed by atoms with Gasteiger partial charge in [0.25, 0.3) is 15.9 Å². The van der Waals surface area contributed by atoms with Gasteiger partial charge in [-0.2, -0.15) is 0 Å². The average molecular weight is 530 g/mol. The fourth-order valence-corrected chi connectivity index (χ4v) is 4.64. The van der Waals surface area contributed by atoms with Crippen LogP contribution in [0.5, 0.6) is 11.5 Å². The number of anilines is 2. The number of amides is 1. The van der Waals surface area contributed by atoms with E-state index in [1.807, 2.05) is 6.92 Å². The van der Waals surface area contributed by atoms with Crippen LogP contribution in [-0.4, -0.2) is 27.5 Å². The van der Waals surface area contributed by atoms with Gasteiger partial charge in [-0.15, -0.1) is 0 Å². The predicted molar refractivity (Wildman–Crippen MR) is 130 cm³/mol. The maximum Gasteiger partial charge on any atom is 0.262 e. The van der Waals surface area contributed by atoms with E-state index in [0.717, 1.165) is 0 Å². The first-order valence-corrected chi connectivity index (χ1v) is 12.2. The quantitative estimate of drug-likeness (QED) is 0.362. The van der Waals surface area contributed by atoms with E-state index in [1.165, 1.54) is 36.4 Å². The molecule has 11 heteroatoms. The number of nitrogens with one attached hydrogen (secondary N) is 2. The highest BCUT2D eigenvalue weighted by Gasteiger charge is 2.17. The van der Waals surface area contributed by atoms with Gasteiger partial charge >= 0.3 is 0 Å². The molecule has 0 aliphatic heterocycles. The minimum absolute atomic E-state index is 0.0307. The summed E-state index contributed by atoms with van der Waals surface area (Å²) in [7, 11) is -3.89. The molecule has 0 spiro atoms. The second-order valence-corrected chi connectivity index (χ2v) is 9.61. The van der Waals surface area contributed by atoms with Gasteiger partial charge in [-0.05, 0) is 67.6 Å². The number of carbonyl (C=O) groups excluding carboxylic acids is 1. The number of hydrogen-bond donors (Lipinski definition) is 2. The maximum absolute atomic E-state index is 12.7. The summed E-state index contributed by atoms with van der Waals surface area (Å²) in [6.07, 6.45) is 0. The molecule has 2 N–H and O–H groups in total. The molecule has 0 saturated heterocycles. The molecule has 3 aromatic carbocycles. The first kappa shape index (κ1) is 25.0. The molecule has 7 nitrogen and oxygen atoms in total. The standard InChI is InChI=1S/C22H19Cl3N2O5S/c1-2-31-18-5-3-16(4-6-18)27-33(29,30)19-7-8-21(20(25)12-19)32-13-22(28)26-17-10-14(23)9-15(24)11-17/h3-12,27H,2,13H2,1H3,(H,26,28). The van der Waals surface area contributed by atoms with Crippen molar-refractivity contribution in [3.05, 3.63) is 75.7 Å². The molecule has 3 aromatic rings. The largest absolute Gasteiger partial charge is 0.494 e. The number of rotatable bonds is 9. The summed E-state index contributed by atoms with van der Waals surface area (Å²) in [5, 5.41) is 3.37. The van der Waals surface area contributed by atoms with Crippen molar-refractivity contribution in [2.45, 2.75) is 11.8 Å². The van der Waals surface area contributed by atoms with Crippen molar-refractivity contribution in [2.24, 2.45) is 0 Å². The third-order valence-electron chi connectivity index (χ3n) is 4.14. The summed E-state index contributed by atoms with van der Waals surface area (Å²) in [6, 6.07) is 15.1. The van der Waals surface area contributed by atoms with Crippen LogP contribution >= 0.6 is 34.8 Å². The highest BCUT2D eigenvalue weighted by molar-refractivity contribution is 7.92. The summed E-state index contributed by atoms with van der Waals surface area (Å²) >= 11 is 18.0. The number of carbonyl (C=O) groups is 1. The summed E-state index contributed by atoms with van der Waals surface area (Å²) in [4.78, 5) is 12.1. The average Bonchev–Trinajstić information content (AvgIpc) is 2.73. The maximum atomic E-state index is 12.7. The zero-order valence-electron chi connectivity index (χ0n) is 17.3. The van der Waals surface area contributed by atoms with Crippen LogP contribution in [0.15, 0.2) is 65.6 Å². The second-order valence-electron chi connectivity index (χ2n) is 6.65. The Morgan fingerprint density at radius 3 is 2.15 bits per heavy atom. The number of ether oxygens (including phenoxy) is 2. The molecular weight excluding hydrogens is 511 g/mol. The van der Waals surface area contributed by atoms with E-state index in [0.29, 0.717) is 33.8 Å². The number of halogens is 3. The van der Waals surface area contributed by atoms with Gasteiger partial charge in [0, 0.05) is 21.4 Å². The lowest BCUT2D eigenvalue weighted by atomic mass is 10.3. The molecule has 0 atom stereocenters. The molecule has 1 amide bonds. The van der Waals surface area contributed by atoms with Crippen LogP contribution in [0.1, 0.15) is 6.92 Å². The van der Waals surface area contributed by atoms with Gasteiger partial charge in [0.05, 0.1) is 16.5 Å². The Morgan fingerprint density at radius 1 is 0.879 bits per heavy atom. The van der Waals surface area contributed by atoms with Crippen LogP contribution in [0.25, 0.3) is 0 Å². The molecule has 0 aliphatic rings. The van der Waals surface area contributed by atoms with Crippen molar-refractivity contribution in [1.29, 1.82) is 0 Å². The van der Waals surface area contributed by atoms with Crippen molar-refractivity contribution >= 4 is 62.1 Å². The molecule has 174 valence electrons. The van der Waals surface area contributed by atoms with Crippen molar-refractivity contribution in [3.63, 3.8) is 0 Å². The molecule has 0 bridgehead atoms. The van der Waals surface area contributed by atoms with E-state index < -0.39 is 15.9 Å². The molecule has 33 heavy (non-hydrogen) atoms. The Labute approximate surface area is 206 Å². The third kappa shape index (κ3) is 7.17. The zero-order chi connectivity index (χ0) is 24.0. The Bertz CT molecular complexity index is 1230. The van der Waals surface area contributed by atoms with E-state index in [9.17, 15) is 13.2 Å². The number of benzene rings is 3. The smallest absolute Gasteiger partial charge is 0.262 e. The van der Waals surface area contributed by atoms with E-state index in [4.69, 9.17) is 44.3 Å². The van der Waals surface area contributed by atoms with E-state index in [1.54, 1.807) is 24.3 Å².